The minimum Gasteiger partial charge on any atom is -0.394 e. The van der Waals surface area contributed by atoms with Gasteiger partial charge in [0, 0.05) is 0 Å². The van der Waals surface area contributed by atoms with Crippen LogP contribution in [-0.2, 0) is 23.7 Å². The highest BCUT2D eigenvalue weighted by molar-refractivity contribution is 4.95. The SMILES string of the molecule is C[C@@H]1O[C@@H](O[C@H]2[C@H](O[C@H]3C(O)O[C@H](CO)[C@H](O)[C@@H]3O)O[C@H](CO)[C@H](O)[C@@H]2O)[C@H](O)[C@H](O)[C@H]1O. The van der Waals surface area contributed by atoms with Gasteiger partial charge in [-0.2, -0.15) is 0 Å². The predicted molar refractivity (Wildman–Crippen MR) is 99.8 cm³/mol. The maximum atomic E-state index is 10.6. The van der Waals surface area contributed by atoms with Crippen LogP contribution in [0.15, 0.2) is 0 Å². The van der Waals surface area contributed by atoms with Crippen molar-refractivity contribution in [1.29, 1.82) is 0 Å². The van der Waals surface area contributed by atoms with Crippen molar-refractivity contribution in [2.24, 2.45) is 0 Å². The number of hydrogen-bond acceptors (Lipinski definition) is 15. The third-order valence-electron chi connectivity index (χ3n) is 6.06. The summed E-state index contributed by atoms with van der Waals surface area (Å²) in [4.78, 5) is 0. The van der Waals surface area contributed by atoms with E-state index in [-0.39, 0.29) is 0 Å². The average molecular weight is 488 g/mol. The molecule has 0 radical (unpaired) electrons. The first-order valence-corrected chi connectivity index (χ1v) is 10.4. The zero-order chi connectivity index (χ0) is 24.6. The first-order chi connectivity index (χ1) is 15.5. The summed E-state index contributed by atoms with van der Waals surface area (Å²) in [5.41, 5.74) is 0. The van der Waals surface area contributed by atoms with Crippen molar-refractivity contribution in [2.75, 3.05) is 13.2 Å². The van der Waals surface area contributed by atoms with Gasteiger partial charge in [-0.15, -0.1) is 0 Å². The molecule has 0 bridgehead atoms. The van der Waals surface area contributed by atoms with Crippen LogP contribution in [0, 0.1) is 0 Å². The second-order valence-corrected chi connectivity index (χ2v) is 8.32. The molecule has 0 aromatic rings. The predicted octanol–water partition coefficient (Wildman–Crippen LogP) is -6.55. The number of hydrogen-bond donors (Lipinski definition) is 10. The summed E-state index contributed by atoms with van der Waals surface area (Å²) in [6.07, 6.45) is -24.2. The van der Waals surface area contributed by atoms with Crippen molar-refractivity contribution in [2.45, 2.75) is 99.0 Å². The van der Waals surface area contributed by atoms with Crippen molar-refractivity contribution in [1.82, 2.24) is 0 Å². The van der Waals surface area contributed by atoms with E-state index in [0.717, 1.165) is 0 Å². The van der Waals surface area contributed by atoms with E-state index in [9.17, 15) is 51.1 Å². The lowest BCUT2D eigenvalue weighted by Gasteiger charge is -2.47. The Labute approximate surface area is 187 Å². The molecule has 3 rings (SSSR count). The third-order valence-corrected chi connectivity index (χ3v) is 6.06. The summed E-state index contributed by atoms with van der Waals surface area (Å²) in [5, 5.41) is 100. The van der Waals surface area contributed by atoms with Crippen LogP contribution < -0.4 is 0 Å². The van der Waals surface area contributed by atoms with Gasteiger partial charge >= 0.3 is 0 Å². The molecule has 0 saturated carbocycles. The van der Waals surface area contributed by atoms with Gasteiger partial charge in [0.1, 0.15) is 67.1 Å². The van der Waals surface area contributed by atoms with Crippen molar-refractivity contribution in [3.05, 3.63) is 0 Å². The summed E-state index contributed by atoms with van der Waals surface area (Å²) in [6, 6.07) is 0. The number of rotatable bonds is 6. The van der Waals surface area contributed by atoms with E-state index in [4.69, 9.17) is 23.7 Å². The van der Waals surface area contributed by atoms with Crippen LogP contribution in [0.2, 0.25) is 0 Å². The molecule has 15 atom stereocenters. The molecule has 3 aliphatic heterocycles. The minimum atomic E-state index is -1.87. The van der Waals surface area contributed by atoms with Gasteiger partial charge in [-0.3, -0.25) is 0 Å². The Morgan fingerprint density at radius 3 is 1.64 bits per heavy atom. The molecule has 1 unspecified atom stereocenters. The Hall–Kier alpha value is -0.600. The lowest BCUT2D eigenvalue weighted by Crippen LogP contribution is -2.66. The average Bonchev–Trinajstić information content (AvgIpc) is 2.79. The lowest BCUT2D eigenvalue weighted by atomic mass is 9.96. The van der Waals surface area contributed by atoms with E-state index < -0.39 is 105 Å². The Morgan fingerprint density at radius 2 is 1.06 bits per heavy atom. The number of aliphatic hydroxyl groups excluding tert-OH is 10. The van der Waals surface area contributed by atoms with Gasteiger partial charge < -0.3 is 74.7 Å². The fourth-order valence-corrected chi connectivity index (χ4v) is 3.96. The van der Waals surface area contributed by atoms with Crippen LogP contribution >= 0.6 is 0 Å². The molecule has 33 heavy (non-hydrogen) atoms. The van der Waals surface area contributed by atoms with Crippen LogP contribution in [0.3, 0.4) is 0 Å². The summed E-state index contributed by atoms with van der Waals surface area (Å²) in [6.45, 7) is -0.0924. The molecule has 3 saturated heterocycles. The van der Waals surface area contributed by atoms with Crippen molar-refractivity contribution in [3.8, 4) is 0 Å². The summed E-state index contributed by atoms with van der Waals surface area (Å²) in [5.74, 6) is 0. The first-order valence-electron chi connectivity index (χ1n) is 10.4. The highest BCUT2D eigenvalue weighted by Gasteiger charge is 2.53. The molecular weight excluding hydrogens is 456 g/mol. The normalized spacial score (nSPS) is 53.7. The maximum absolute atomic E-state index is 10.6. The van der Waals surface area contributed by atoms with Crippen LogP contribution in [0.25, 0.3) is 0 Å². The second kappa shape index (κ2) is 11.0. The first kappa shape index (κ1) is 27.0. The van der Waals surface area contributed by atoms with E-state index >= 15 is 0 Å². The van der Waals surface area contributed by atoms with Gasteiger partial charge in [-0.25, -0.2) is 0 Å². The second-order valence-electron chi connectivity index (χ2n) is 8.32. The summed E-state index contributed by atoms with van der Waals surface area (Å²) < 4.78 is 26.7. The Balaban J connectivity index is 1.81. The number of ether oxygens (including phenoxy) is 5. The molecule has 0 aromatic carbocycles. The van der Waals surface area contributed by atoms with Gasteiger partial charge in [-0.1, -0.05) is 0 Å². The van der Waals surface area contributed by atoms with E-state index in [1.165, 1.54) is 6.92 Å². The summed E-state index contributed by atoms with van der Waals surface area (Å²) in [7, 11) is 0. The molecule has 3 aliphatic rings. The molecule has 0 amide bonds. The van der Waals surface area contributed by atoms with Gasteiger partial charge in [0.25, 0.3) is 0 Å². The molecular formula is C18H32O15. The molecule has 3 fully saturated rings. The number of aliphatic hydroxyl groups is 10. The summed E-state index contributed by atoms with van der Waals surface area (Å²) >= 11 is 0. The van der Waals surface area contributed by atoms with E-state index in [1.54, 1.807) is 0 Å². The van der Waals surface area contributed by atoms with Crippen LogP contribution in [0.4, 0.5) is 0 Å². The van der Waals surface area contributed by atoms with Gasteiger partial charge in [0.2, 0.25) is 0 Å². The zero-order valence-electron chi connectivity index (χ0n) is 17.6. The third kappa shape index (κ3) is 5.32. The Morgan fingerprint density at radius 1 is 0.545 bits per heavy atom. The molecule has 0 aromatic heterocycles. The smallest absolute Gasteiger partial charge is 0.187 e. The zero-order valence-corrected chi connectivity index (χ0v) is 17.6. The van der Waals surface area contributed by atoms with Crippen LogP contribution in [0.1, 0.15) is 6.92 Å². The standard InChI is InChI=1S/C18H32O15/c1-4-7(21)10(24)13(27)17(29-4)33-15-12(26)9(23)6(3-20)31-18(15)32-14-11(25)8(22)5(2-19)30-16(14)28/h4-28H,2-3H2,1H3/t4-,5+,6+,7-,8-,9-,10+,11-,12-,13+,14+,15+,16?,17-,18-/m0/s1. The fraction of sp³-hybridized carbons (Fsp3) is 1.00. The molecule has 10 N–H and O–H groups in total. The van der Waals surface area contributed by atoms with Crippen LogP contribution in [-0.4, -0.2) is 156 Å². The van der Waals surface area contributed by atoms with E-state index in [1.807, 2.05) is 0 Å². The Bertz CT molecular complexity index is 626. The molecule has 3 heterocycles. The lowest BCUT2D eigenvalue weighted by molar-refractivity contribution is -0.389. The fourth-order valence-electron chi connectivity index (χ4n) is 3.96. The van der Waals surface area contributed by atoms with Crippen molar-refractivity contribution < 1.29 is 74.7 Å². The molecule has 0 aliphatic carbocycles. The van der Waals surface area contributed by atoms with Gasteiger partial charge in [0.15, 0.2) is 18.9 Å². The van der Waals surface area contributed by atoms with Gasteiger partial charge in [0.05, 0.1) is 19.3 Å². The molecule has 15 nitrogen and oxygen atoms in total. The largest absolute Gasteiger partial charge is 0.394 e. The van der Waals surface area contributed by atoms with Crippen LogP contribution in [0.5, 0.6) is 0 Å². The van der Waals surface area contributed by atoms with E-state index in [0.29, 0.717) is 0 Å². The van der Waals surface area contributed by atoms with Crippen molar-refractivity contribution >= 4 is 0 Å². The molecule has 0 spiro atoms. The highest BCUT2D eigenvalue weighted by atomic mass is 16.8. The quantitative estimate of drug-likeness (QED) is 0.167. The topological polar surface area (TPSA) is 248 Å². The highest BCUT2D eigenvalue weighted by Crippen LogP contribution is 2.32. The van der Waals surface area contributed by atoms with Gasteiger partial charge in [-0.05, 0) is 6.92 Å². The minimum absolute atomic E-state index is 0.714. The van der Waals surface area contributed by atoms with Crippen molar-refractivity contribution in [3.63, 3.8) is 0 Å². The monoisotopic (exact) mass is 488 g/mol. The van der Waals surface area contributed by atoms with E-state index in [2.05, 4.69) is 0 Å². The molecule has 15 heteroatoms. The Kier molecular flexibility index (Phi) is 8.99. The maximum Gasteiger partial charge on any atom is 0.187 e. The molecule has 194 valence electrons.